The fourth-order valence-electron chi connectivity index (χ4n) is 5.77. The van der Waals surface area contributed by atoms with Gasteiger partial charge in [0.1, 0.15) is 0 Å². The van der Waals surface area contributed by atoms with E-state index in [4.69, 9.17) is 4.74 Å². The van der Waals surface area contributed by atoms with Crippen LogP contribution in [0.3, 0.4) is 0 Å². The highest BCUT2D eigenvalue weighted by atomic mass is 19.4. The number of hydrogen-bond donors (Lipinski definition) is 0. The average Bonchev–Trinajstić information content (AvgIpc) is 3.34. The first-order valence-corrected chi connectivity index (χ1v) is 12.0. The minimum Gasteiger partial charge on any atom is -0.381 e. The highest BCUT2D eigenvalue weighted by Gasteiger charge is 2.46. The van der Waals surface area contributed by atoms with Crippen LogP contribution in [0.5, 0.6) is 0 Å². The molecule has 5 rings (SSSR count). The molecule has 3 heterocycles. The van der Waals surface area contributed by atoms with Crippen molar-refractivity contribution in [3.8, 4) is 0 Å². The molecule has 3 aromatic rings. The quantitative estimate of drug-likeness (QED) is 0.460. The number of rotatable bonds is 4. The molecule has 192 valence electrons. The normalized spacial score (nSPS) is 20.9. The molecule has 1 aliphatic heterocycles. The van der Waals surface area contributed by atoms with Crippen molar-refractivity contribution in [2.75, 3.05) is 20.3 Å². The molecule has 0 bridgehead atoms. The van der Waals surface area contributed by atoms with Crippen molar-refractivity contribution in [3.05, 3.63) is 64.9 Å². The van der Waals surface area contributed by atoms with Gasteiger partial charge in [0.15, 0.2) is 11.7 Å². The number of halogens is 4. The standard InChI is InChI=1S/C26H28F4N4O2/c1-25(2)13-18(19-14-31-21-12-20(27)32-34(21)23(19)25)15-4-6-16(7-5-15)22(26(28,29)30)33(3)24(35)17-8-10-36-11-9-17/h4-7,12,14,17-18,22H,8-11,13H2,1-3H3/t18-,22-/m1/s1. The van der Waals surface area contributed by atoms with Crippen LogP contribution in [-0.2, 0) is 14.9 Å². The summed E-state index contributed by atoms with van der Waals surface area (Å²) in [5.74, 6) is -1.73. The van der Waals surface area contributed by atoms with Gasteiger partial charge in [-0.25, -0.2) is 9.50 Å². The van der Waals surface area contributed by atoms with Crippen molar-refractivity contribution in [1.29, 1.82) is 0 Å². The van der Waals surface area contributed by atoms with E-state index in [0.717, 1.165) is 21.7 Å². The lowest BCUT2D eigenvalue weighted by Gasteiger charge is -2.34. The molecule has 1 fully saturated rings. The SMILES string of the molecule is CN(C(=O)C1CCOCC1)[C@H](c1ccc([C@H]2CC(C)(C)c3c2cnc2cc(F)nn32)cc1)C(F)(F)F. The lowest BCUT2D eigenvalue weighted by molar-refractivity contribution is -0.191. The first kappa shape index (κ1) is 24.7. The number of aromatic nitrogens is 3. The molecule has 2 atom stereocenters. The Hall–Kier alpha value is -3.01. The third-order valence-corrected chi connectivity index (χ3v) is 7.48. The predicted molar refractivity (Wildman–Crippen MR) is 124 cm³/mol. The summed E-state index contributed by atoms with van der Waals surface area (Å²) in [5.41, 5.74) is 2.64. The molecule has 0 spiro atoms. The summed E-state index contributed by atoms with van der Waals surface area (Å²) in [6.45, 7) is 4.83. The van der Waals surface area contributed by atoms with Crippen molar-refractivity contribution in [2.45, 2.75) is 56.7 Å². The number of amides is 1. The molecule has 0 unspecified atom stereocenters. The number of alkyl halides is 3. The Bertz CT molecular complexity index is 1280. The zero-order valence-electron chi connectivity index (χ0n) is 20.3. The van der Waals surface area contributed by atoms with Crippen molar-refractivity contribution in [1.82, 2.24) is 19.5 Å². The van der Waals surface area contributed by atoms with E-state index in [-0.39, 0.29) is 16.9 Å². The zero-order valence-corrected chi connectivity index (χ0v) is 20.3. The second-order valence-electron chi connectivity index (χ2n) is 10.4. The molecule has 2 aromatic heterocycles. The highest BCUT2D eigenvalue weighted by Crippen LogP contribution is 2.48. The van der Waals surface area contributed by atoms with Crippen molar-refractivity contribution >= 4 is 11.6 Å². The first-order valence-electron chi connectivity index (χ1n) is 12.0. The third kappa shape index (κ3) is 4.25. The van der Waals surface area contributed by atoms with Crippen LogP contribution in [0.25, 0.3) is 5.65 Å². The van der Waals surface area contributed by atoms with Crippen LogP contribution < -0.4 is 0 Å². The Morgan fingerprint density at radius 2 is 1.86 bits per heavy atom. The van der Waals surface area contributed by atoms with Crippen LogP contribution in [0.1, 0.15) is 67.5 Å². The van der Waals surface area contributed by atoms with Crippen molar-refractivity contribution < 1.29 is 27.1 Å². The van der Waals surface area contributed by atoms with Gasteiger partial charge in [-0.2, -0.15) is 17.6 Å². The number of fused-ring (bicyclic) bond motifs is 3. The average molecular weight is 505 g/mol. The largest absolute Gasteiger partial charge is 0.413 e. The van der Waals surface area contributed by atoms with E-state index in [1.165, 1.54) is 29.8 Å². The Morgan fingerprint density at radius 1 is 1.19 bits per heavy atom. The highest BCUT2D eigenvalue weighted by molar-refractivity contribution is 5.79. The van der Waals surface area contributed by atoms with Gasteiger partial charge in [0.25, 0.3) is 0 Å². The van der Waals surface area contributed by atoms with Crippen LogP contribution in [0.2, 0.25) is 0 Å². The number of nitrogens with zero attached hydrogens (tertiary/aromatic N) is 4. The molecule has 36 heavy (non-hydrogen) atoms. The van der Waals surface area contributed by atoms with Gasteiger partial charge < -0.3 is 9.64 Å². The van der Waals surface area contributed by atoms with E-state index in [1.54, 1.807) is 18.3 Å². The molecule has 1 aliphatic carbocycles. The maximum Gasteiger partial charge on any atom is 0.413 e. The molecule has 0 saturated carbocycles. The maximum atomic E-state index is 14.2. The molecular formula is C26H28F4N4O2. The summed E-state index contributed by atoms with van der Waals surface area (Å²) in [7, 11) is 1.22. The van der Waals surface area contributed by atoms with Gasteiger partial charge in [-0.3, -0.25) is 4.79 Å². The van der Waals surface area contributed by atoms with E-state index >= 15 is 0 Å². The summed E-state index contributed by atoms with van der Waals surface area (Å²) >= 11 is 0. The van der Waals surface area contributed by atoms with Gasteiger partial charge in [-0.15, -0.1) is 5.10 Å². The number of carbonyl (C=O) groups excluding carboxylic acids is 1. The first-order chi connectivity index (χ1) is 17.0. The van der Waals surface area contributed by atoms with Gasteiger partial charge >= 0.3 is 6.18 Å². The summed E-state index contributed by atoms with van der Waals surface area (Å²) in [5, 5.41) is 3.96. The molecule has 1 amide bonds. The van der Waals surface area contributed by atoms with E-state index < -0.39 is 30.0 Å². The van der Waals surface area contributed by atoms with Crippen LogP contribution in [0.4, 0.5) is 17.6 Å². The van der Waals surface area contributed by atoms with Gasteiger partial charge in [-0.1, -0.05) is 38.1 Å². The van der Waals surface area contributed by atoms with Gasteiger partial charge in [0.2, 0.25) is 11.9 Å². The summed E-state index contributed by atoms with van der Waals surface area (Å²) < 4.78 is 63.1. The van der Waals surface area contributed by atoms with Crippen molar-refractivity contribution in [2.24, 2.45) is 5.92 Å². The lowest BCUT2D eigenvalue weighted by Crippen LogP contribution is -2.43. The van der Waals surface area contributed by atoms with Gasteiger partial charge in [-0.05, 0) is 30.4 Å². The van der Waals surface area contributed by atoms with E-state index in [2.05, 4.69) is 10.1 Å². The van der Waals surface area contributed by atoms with Gasteiger partial charge in [0.05, 0.1) is 5.69 Å². The predicted octanol–water partition coefficient (Wildman–Crippen LogP) is 5.17. The van der Waals surface area contributed by atoms with Crippen molar-refractivity contribution in [3.63, 3.8) is 0 Å². The topological polar surface area (TPSA) is 59.7 Å². The Balaban J connectivity index is 1.46. The molecule has 6 nitrogen and oxygen atoms in total. The second-order valence-corrected chi connectivity index (χ2v) is 10.4. The lowest BCUT2D eigenvalue weighted by atomic mass is 9.86. The monoisotopic (exact) mass is 504 g/mol. The van der Waals surface area contributed by atoms with E-state index in [1.807, 2.05) is 13.8 Å². The summed E-state index contributed by atoms with van der Waals surface area (Å²) in [4.78, 5) is 18.0. The summed E-state index contributed by atoms with van der Waals surface area (Å²) in [6.07, 6.45) is -1.40. The molecular weight excluding hydrogens is 476 g/mol. The fraction of sp³-hybridized carbons (Fsp3) is 0.500. The van der Waals surface area contributed by atoms with Crippen LogP contribution in [0, 0.1) is 11.9 Å². The maximum absolute atomic E-state index is 14.2. The molecule has 0 radical (unpaired) electrons. The molecule has 1 saturated heterocycles. The molecule has 2 aliphatic rings. The second kappa shape index (κ2) is 8.83. The third-order valence-electron chi connectivity index (χ3n) is 7.48. The summed E-state index contributed by atoms with van der Waals surface area (Å²) in [6, 6.07) is 5.50. The number of hydrogen-bond acceptors (Lipinski definition) is 4. The number of ether oxygens (including phenoxy) is 1. The van der Waals surface area contributed by atoms with E-state index in [9.17, 15) is 22.4 Å². The van der Waals surface area contributed by atoms with Crippen LogP contribution >= 0.6 is 0 Å². The zero-order chi connectivity index (χ0) is 25.8. The van der Waals surface area contributed by atoms with Crippen LogP contribution in [-0.4, -0.2) is 51.8 Å². The van der Waals surface area contributed by atoms with Gasteiger partial charge in [0, 0.05) is 55.3 Å². The Labute approximate surface area is 206 Å². The molecule has 0 N–H and O–H groups in total. The fourth-order valence-corrected chi connectivity index (χ4v) is 5.77. The Morgan fingerprint density at radius 3 is 2.50 bits per heavy atom. The minimum atomic E-state index is -4.63. The molecule has 10 heteroatoms. The van der Waals surface area contributed by atoms with E-state index in [0.29, 0.717) is 38.1 Å². The Kier molecular flexibility index (Phi) is 6.05. The van der Waals surface area contributed by atoms with Crippen LogP contribution in [0.15, 0.2) is 36.5 Å². The number of carbonyl (C=O) groups is 1. The minimum absolute atomic E-state index is 0.00867. The smallest absolute Gasteiger partial charge is 0.381 e. The number of benzene rings is 1. The molecule has 1 aromatic carbocycles.